The first-order valence-corrected chi connectivity index (χ1v) is 9.42. The maximum Gasteiger partial charge on any atom is 0.294 e. The van der Waals surface area contributed by atoms with Crippen molar-refractivity contribution in [2.45, 2.75) is 13.1 Å². The Hall–Kier alpha value is -4.34. The van der Waals surface area contributed by atoms with Gasteiger partial charge in [-0.2, -0.15) is 0 Å². The molecular formula is C21H24N8O2. The van der Waals surface area contributed by atoms with Crippen LogP contribution in [0.2, 0.25) is 0 Å². The Morgan fingerprint density at radius 1 is 1.13 bits per heavy atom. The zero-order valence-corrected chi connectivity index (χ0v) is 17.0. The molecule has 0 aliphatic rings. The molecule has 1 amide bonds. The van der Waals surface area contributed by atoms with Gasteiger partial charge in [-0.15, -0.1) is 0 Å². The highest BCUT2D eigenvalue weighted by molar-refractivity contribution is 5.94. The molecule has 10 nitrogen and oxygen atoms in total. The average Bonchev–Trinajstić information content (AvgIpc) is 2.73. The van der Waals surface area contributed by atoms with Gasteiger partial charge in [0, 0.05) is 36.1 Å². The lowest BCUT2D eigenvalue weighted by atomic mass is 10.1. The van der Waals surface area contributed by atoms with E-state index in [2.05, 4.69) is 15.6 Å². The quantitative estimate of drug-likeness (QED) is 0.185. The van der Waals surface area contributed by atoms with Gasteiger partial charge < -0.3 is 27.8 Å². The second-order valence-corrected chi connectivity index (χ2v) is 6.91. The fourth-order valence-electron chi connectivity index (χ4n) is 3.07. The largest absolute Gasteiger partial charge is 0.399 e. The van der Waals surface area contributed by atoms with Crippen LogP contribution in [0.5, 0.6) is 0 Å². The molecule has 0 atom stereocenters. The molecule has 160 valence electrons. The molecule has 1 aromatic heterocycles. The Labute approximate surface area is 178 Å². The van der Waals surface area contributed by atoms with Crippen LogP contribution in [0.4, 0.5) is 17.2 Å². The van der Waals surface area contributed by atoms with Gasteiger partial charge in [0.05, 0.1) is 11.9 Å². The number of carbonyl (C=O) groups is 1. The predicted molar refractivity (Wildman–Crippen MR) is 122 cm³/mol. The van der Waals surface area contributed by atoms with Crippen molar-refractivity contribution in [1.82, 2.24) is 14.9 Å². The Morgan fingerprint density at radius 3 is 2.35 bits per heavy atom. The first-order chi connectivity index (χ1) is 14.8. The highest BCUT2D eigenvalue weighted by Crippen LogP contribution is 2.24. The van der Waals surface area contributed by atoms with E-state index in [9.17, 15) is 9.59 Å². The molecule has 9 N–H and O–H groups in total. The van der Waals surface area contributed by atoms with Gasteiger partial charge in [0.2, 0.25) is 5.91 Å². The molecule has 0 aliphatic heterocycles. The molecule has 0 saturated heterocycles. The number of benzene rings is 2. The molecule has 0 bridgehead atoms. The highest BCUT2D eigenvalue weighted by atomic mass is 16.2. The van der Waals surface area contributed by atoms with E-state index in [0.717, 1.165) is 5.56 Å². The summed E-state index contributed by atoms with van der Waals surface area (Å²) in [5, 5.41) is 12.9. The van der Waals surface area contributed by atoms with Crippen molar-refractivity contribution >= 4 is 28.9 Å². The predicted octanol–water partition coefficient (Wildman–Crippen LogP) is 0.717. The van der Waals surface area contributed by atoms with E-state index in [1.165, 1.54) is 10.8 Å². The molecule has 0 saturated carbocycles. The third-order valence-electron chi connectivity index (χ3n) is 4.62. The van der Waals surface area contributed by atoms with Crippen LogP contribution < -0.4 is 33.4 Å². The number of nitrogens with one attached hydrogen (secondary N) is 3. The van der Waals surface area contributed by atoms with Crippen molar-refractivity contribution in [1.29, 1.82) is 5.41 Å². The SMILES string of the molecule is CNc1ncc(-c2cc(N)cc(N)c2)n(CC(=O)NCc2ccc(C(=N)N)cc2)c1=O. The molecule has 0 spiro atoms. The fourth-order valence-corrected chi connectivity index (χ4v) is 3.07. The Kier molecular flexibility index (Phi) is 6.20. The van der Waals surface area contributed by atoms with Crippen LogP contribution in [-0.4, -0.2) is 28.3 Å². The lowest BCUT2D eigenvalue weighted by Gasteiger charge is -2.15. The number of amidine groups is 1. The highest BCUT2D eigenvalue weighted by Gasteiger charge is 2.15. The van der Waals surface area contributed by atoms with Crippen molar-refractivity contribution in [2.24, 2.45) is 5.73 Å². The molecule has 31 heavy (non-hydrogen) atoms. The number of nitrogens with two attached hydrogens (primary N) is 3. The van der Waals surface area contributed by atoms with Crippen LogP contribution >= 0.6 is 0 Å². The van der Waals surface area contributed by atoms with Crippen LogP contribution in [0, 0.1) is 5.41 Å². The van der Waals surface area contributed by atoms with Gasteiger partial charge in [-0.05, 0) is 23.8 Å². The van der Waals surface area contributed by atoms with E-state index in [0.29, 0.717) is 28.2 Å². The molecule has 0 unspecified atom stereocenters. The lowest BCUT2D eigenvalue weighted by molar-refractivity contribution is -0.121. The maximum absolute atomic E-state index is 12.8. The minimum atomic E-state index is -0.443. The Balaban J connectivity index is 1.84. The summed E-state index contributed by atoms with van der Waals surface area (Å²) < 4.78 is 1.32. The van der Waals surface area contributed by atoms with E-state index in [-0.39, 0.29) is 30.7 Å². The van der Waals surface area contributed by atoms with Gasteiger partial charge in [0.1, 0.15) is 12.4 Å². The van der Waals surface area contributed by atoms with Crippen molar-refractivity contribution in [3.8, 4) is 11.3 Å². The number of hydrogen-bond acceptors (Lipinski definition) is 7. The summed E-state index contributed by atoms with van der Waals surface area (Å²) in [6.45, 7) is 0.0436. The average molecular weight is 420 g/mol. The van der Waals surface area contributed by atoms with Gasteiger partial charge >= 0.3 is 0 Å². The zero-order chi connectivity index (χ0) is 22.5. The number of rotatable bonds is 7. The van der Waals surface area contributed by atoms with Gasteiger partial charge in [-0.3, -0.25) is 19.6 Å². The molecule has 3 rings (SSSR count). The third-order valence-corrected chi connectivity index (χ3v) is 4.62. The van der Waals surface area contributed by atoms with Crippen molar-refractivity contribution < 1.29 is 4.79 Å². The molecule has 2 aromatic carbocycles. The van der Waals surface area contributed by atoms with Gasteiger partial charge in [0.15, 0.2) is 5.82 Å². The molecule has 0 fully saturated rings. The summed E-state index contributed by atoms with van der Waals surface area (Å²) in [7, 11) is 1.58. The van der Waals surface area contributed by atoms with Crippen molar-refractivity contribution in [3.63, 3.8) is 0 Å². The molecule has 0 aliphatic carbocycles. The first kappa shape index (κ1) is 21.4. The van der Waals surface area contributed by atoms with E-state index >= 15 is 0 Å². The van der Waals surface area contributed by atoms with E-state index in [1.54, 1.807) is 49.5 Å². The summed E-state index contributed by atoms with van der Waals surface area (Å²) in [6, 6.07) is 11.9. The van der Waals surface area contributed by atoms with E-state index < -0.39 is 5.56 Å². The number of hydrogen-bond donors (Lipinski definition) is 6. The number of amides is 1. The minimum absolute atomic E-state index is 0.0253. The van der Waals surface area contributed by atoms with Crippen LogP contribution in [0.25, 0.3) is 11.3 Å². The first-order valence-electron chi connectivity index (χ1n) is 9.42. The second-order valence-electron chi connectivity index (χ2n) is 6.91. The van der Waals surface area contributed by atoms with Crippen LogP contribution in [-0.2, 0) is 17.9 Å². The van der Waals surface area contributed by atoms with Crippen LogP contribution in [0.3, 0.4) is 0 Å². The molecule has 3 aromatic rings. The normalized spacial score (nSPS) is 10.5. The maximum atomic E-state index is 12.8. The van der Waals surface area contributed by atoms with Crippen molar-refractivity contribution in [2.75, 3.05) is 23.8 Å². The Bertz CT molecular complexity index is 1160. The fraction of sp³-hybridized carbons (Fsp3) is 0.143. The number of aromatic nitrogens is 2. The summed E-state index contributed by atoms with van der Waals surface area (Å²) in [4.78, 5) is 29.6. The number of carbonyl (C=O) groups excluding carboxylic acids is 1. The topological polar surface area (TPSA) is 178 Å². The minimum Gasteiger partial charge on any atom is -0.399 e. The van der Waals surface area contributed by atoms with Crippen molar-refractivity contribution in [3.05, 3.63) is 70.1 Å². The number of nitrogens with zero attached hydrogens (tertiary/aromatic N) is 2. The Morgan fingerprint density at radius 2 is 1.77 bits per heavy atom. The molecular weight excluding hydrogens is 396 g/mol. The summed E-state index contributed by atoms with van der Waals surface area (Å²) in [5.74, 6) is -0.264. The summed E-state index contributed by atoms with van der Waals surface area (Å²) in [5.41, 5.74) is 20.1. The van der Waals surface area contributed by atoms with E-state index in [1.807, 2.05) is 0 Å². The molecule has 1 heterocycles. The zero-order valence-electron chi connectivity index (χ0n) is 17.0. The molecule has 10 heteroatoms. The monoisotopic (exact) mass is 420 g/mol. The smallest absolute Gasteiger partial charge is 0.294 e. The van der Waals surface area contributed by atoms with Crippen LogP contribution in [0.1, 0.15) is 11.1 Å². The lowest BCUT2D eigenvalue weighted by Crippen LogP contribution is -2.34. The van der Waals surface area contributed by atoms with Crippen LogP contribution in [0.15, 0.2) is 53.5 Å². The third kappa shape index (κ3) is 4.99. The number of nitrogen functional groups attached to an aromatic ring is 3. The van der Waals surface area contributed by atoms with E-state index in [4.69, 9.17) is 22.6 Å². The van der Waals surface area contributed by atoms with Gasteiger partial charge in [-0.25, -0.2) is 4.98 Å². The van der Waals surface area contributed by atoms with Gasteiger partial charge in [-0.1, -0.05) is 24.3 Å². The standard InChI is InChI=1S/C21H24N8O2/c1-26-20-21(31)29(17(10-28-20)14-6-15(22)8-16(23)7-14)11-18(30)27-9-12-2-4-13(5-3-12)19(24)25/h2-8,10H,9,11,22-23H2,1H3,(H3,24,25)(H,26,28)(H,27,30). The summed E-state index contributed by atoms with van der Waals surface area (Å²) in [6.07, 6.45) is 1.50. The summed E-state index contributed by atoms with van der Waals surface area (Å²) >= 11 is 0. The van der Waals surface area contributed by atoms with Gasteiger partial charge in [0.25, 0.3) is 5.56 Å². The molecule has 0 radical (unpaired) electrons. The second kappa shape index (κ2) is 8.99. The number of anilines is 3.